The van der Waals surface area contributed by atoms with Crippen LogP contribution in [0.1, 0.15) is 35.7 Å². The highest BCUT2D eigenvalue weighted by atomic mass is 32.2. The Balaban J connectivity index is 2.61. The van der Waals surface area contributed by atoms with Gasteiger partial charge in [0, 0.05) is 25.2 Å². The number of benzene rings is 1. The predicted molar refractivity (Wildman–Crippen MR) is 115 cm³/mol. The molecule has 2 amide bonds. The van der Waals surface area contributed by atoms with E-state index in [9.17, 15) is 18.0 Å². The number of carbonyl (C=O) groups is 2. The summed E-state index contributed by atoms with van der Waals surface area (Å²) < 4.78 is 24.5. The van der Waals surface area contributed by atoms with E-state index in [1.165, 1.54) is 10.6 Å². The molecule has 0 saturated heterocycles. The van der Waals surface area contributed by atoms with Crippen LogP contribution in [-0.2, 0) is 14.8 Å². The standard InChI is InChI=1S/C19H31N3O4S2/c1-5-22(28(4,25)26)12-7-11-20-19(24)17(10-13-27-3)21-18(23)16-9-6-8-15(2)14-16/h6,8-9,14,17H,5,7,10-13H2,1-4H3,(H,20,24)(H,21,23). The summed E-state index contributed by atoms with van der Waals surface area (Å²) in [7, 11) is -3.23. The van der Waals surface area contributed by atoms with Crippen molar-refractivity contribution in [1.82, 2.24) is 14.9 Å². The van der Waals surface area contributed by atoms with E-state index in [1.54, 1.807) is 30.8 Å². The molecule has 1 unspecified atom stereocenters. The molecule has 0 fully saturated rings. The predicted octanol–water partition coefficient (Wildman–Crippen LogP) is 1.63. The number of aryl methyl sites for hydroxylation is 1. The molecule has 1 atom stereocenters. The van der Waals surface area contributed by atoms with E-state index < -0.39 is 16.1 Å². The van der Waals surface area contributed by atoms with Crippen molar-refractivity contribution in [3.05, 3.63) is 35.4 Å². The normalized spacial score (nSPS) is 12.6. The van der Waals surface area contributed by atoms with Crippen LogP contribution in [-0.4, -0.2) is 68.5 Å². The summed E-state index contributed by atoms with van der Waals surface area (Å²) in [4.78, 5) is 25.0. The molecule has 2 N–H and O–H groups in total. The van der Waals surface area contributed by atoms with Gasteiger partial charge in [-0.25, -0.2) is 12.7 Å². The molecule has 1 aromatic rings. The minimum absolute atomic E-state index is 0.252. The molecule has 1 rings (SSSR count). The fourth-order valence-electron chi connectivity index (χ4n) is 2.68. The van der Waals surface area contributed by atoms with Gasteiger partial charge >= 0.3 is 0 Å². The SMILES string of the molecule is CCN(CCCNC(=O)C(CCSC)NC(=O)c1cccc(C)c1)S(C)(=O)=O. The highest BCUT2D eigenvalue weighted by Crippen LogP contribution is 2.07. The van der Waals surface area contributed by atoms with Gasteiger partial charge in [0.2, 0.25) is 15.9 Å². The number of nitrogens with zero attached hydrogens (tertiary/aromatic N) is 1. The van der Waals surface area contributed by atoms with Crippen LogP contribution in [0.15, 0.2) is 24.3 Å². The number of hydrogen-bond acceptors (Lipinski definition) is 5. The van der Waals surface area contributed by atoms with Crippen LogP contribution in [0.5, 0.6) is 0 Å². The largest absolute Gasteiger partial charge is 0.354 e. The van der Waals surface area contributed by atoms with Crippen molar-refractivity contribution in [2.45, 2.75) is 32.7 Å². The second kappa shape index (κ2) is 12.1. The Morgan fingerprint density at radius 3 is 2.57 bits per heavy atom. The average Bonchev–Trinajstić information content (AvgIpc) is 2.63. The summed E-state index contributed by atoms with van der Waals surface area (Å²) in [5.74, 6) is 0.209. The molecule has 0 bridgehead atoms. The quantitative estimate of drug-likeness (QED) is 0.493. The number of rotatable bonds is 12. The van der Waals surface area contributed by atoms with E-state index in [0.717, 1.165) is 11.3 Å². The number of amides is 2. The second-order valence-electron chi connectivity index (χ2n) is 6.58. The molecule has 0 heterocycles. The summed E-state index contributed by atoms with van der Waals surface area (Å²) in [5.41, 5.74) is 1.50. The first-order valence-electron chi connectivity index (χ1n) is 9.28. The van der Waals surface area contributed by atoms with Gasteiger partial charge in [0.25, 0.3) is 5.91 Å². The number of nitrogens with one attached hydrogen (secondary N) is 2. The highest BCUT2D eigenvalue weighted by Gasteiger charge is 2.21. The molecule has 9 heteroatoms. The molecule has 7 nitrogen and oxygen atoms in total. The zero-order chi connectivity index (χ0) is 21.2. The maximum absolute atomic E-state index is 12.5. The number of sulfonamides is 1. The first kappa shape index (κ1) is 24.5. The third-order valence-corrected chi connectivity index (χ3v) is 6.24. The minimum Gasteiger partial charge on any atom is -0.354 e. The highest BCUT2D eigenvalue weighted by molar-refractivity contribution is 7.98. The van der Waals surface area contributed by atoms with Gasteiger partial charge < -0.3 is 10.6 Å². The molecule has 0 aliphatic rings. The Morgan fingerprint density at radius 1 is 1.29 bits per heavy atom. The lowest BCUT2D eigenvalue weighted by molar-refractivity contribution is -0.123. The maximum Gasteiger partial charge on any atom is 0.251 e. The lowest BCUT2D eigenvalue weighted by Crippen LogP contribution is -2.47. The van der Waals surface area contributed by atoms with Crippen LogP contribution >= 0.6 is 11.8 Å². The molecule has 28 heavy (non-hydrogen) atoms. The van der Waals surface area contributed by atoms with Crippen molar-refractivity contribution in [1.29, 1.82) is 0 Å². The first-order chi connectivity index (χ1) is 13.2. The van der Waals surface area contributed by atoms with Crippen LogP contribution in [0.3, 0.4) is 0 Å². The molecular weight excluding hydrogens is 398 g/mol. The van der Waals surface area contributed by atoms with Crippen LogP contribution in [0, 0.1) is 6.92 Å². The summed E-state index contributed by atoms with van der Waals surface area (Å²) in [6.07, 6.45) is 4.15. The summed E-state index contributed by atoms with van der Waals surface area (Å²) >= 11 is 1.61. The molecule has 0 aliphatic carbocycles. The molecular formula is C19H31N3O4S2. The van der Waals surface area contributed by atoms with E-state index in [2.05, 4.69) is 10.6 Å². The van der Waals surface area contributed by atoms with Crippen molar-refractivity contribution in [2.75, 3.05) is 37.9 Å². The van der Waals surface area contributed by atoms with Crippen molar-refractivity contribution < 1.29 is 18.0 Å². The first-order valence-corrected chi connectivity index (χ1v) is 12.5. The molecule has 0 saturated carbocycles. The van der Waals surface area contributed by atoms with Gasteiger partial charge in [-0.15, -0.1) is 0 Å². The van der Waals surface area contributed by atoms with Gasteiger partial charge in [-0.1, -0.05) is 24.6 Å². The zero-order valence-electron chi connectivity index (χ0n) is 17.0. The minimum atomic E-state index is -3.23. The lowest BCUT2D eigenvalue weighted by Gasteiger charge is -2.20. The molecule has 0 spiro atoms. The monoisotopic (exact) mass is 429 g/mol. The number of thioether (sulfide) groups is 1. The van der Waals surface area contributed by atoms with Gasteiger partial charge in [0.15, 0.2) is 0 Å². The van der Waals surface area contributed by atoms with Gasteiger partial charge in [-0.2, -0.15) is 11.8 Å². The molecule has 0 radical (unpaired) electrons. The Hall–Kier alpha value is -1.58. The van der Waals surface area contributed by atoms with Crippen LogP contribution in [0.2, 0.25) is 0 Å². The van der Waals surface area contributed by atoms with Crippen molar-refractivity contribution >= 4 is 33.6 Å². The molecule has 1 aromatic carbocycles. The topological polar surface area (TPSA) is 95.6 Å². The van der Waals surface area contributed by atoms with E-state index in [4.69, 9.17) is 0 Å². The van der Waals surface area contributed by atoms with E-state index in [0.29, 0.717) is 38.0 Å². The molecule has 0 aliphatic heterocycles. The maximum atomic E-state index is 12.5. The van der Waals surface area contributed by atoms with Crippen molar-refractivity contribution in [2.24, 2.45) is 0 Å². The Kier molecular flexibility index (Phi) is 10.6. The van der Waals surface area contributed by atoms with Crippen LogP contribution < -0.4 is 10.6 Å². The average molecular weight is 430 g/mol. The van der Waals surface area contributed by atoms with Gasteiger partial charge in [0.05, 0.1) is 6.26 Å². The Labute approximate surface area is 172 Å². The van der Waals surface area contributed by atoms with Crippen molar-refractivity contribution in [3.63, 3.8) is 0 Å². The fraction of sp³-hybridized carbons (Fsp3) is 0.579. The number of carbonyl (C=O) groups excluding carboxylic acids is 2. The summed E-state index contributed by atoms with van der Waals surface area (Å²) in [6.45, 7) is 4.78. The summed E-state index contributed by atoms with van der Waals surface area (Å²) in [5, 5.41) is 5.62. The summed E-state index contributed by atoms with van der Waals surface area (Å²) in [6, 6.07) is 6.59. The number of hydrogen-bond donors (Lipinski definition) is 2. The van der Waals surface area contributed by atoms with Gasteiger partial charge in [-0.3, -0.25) is 9.59 Å². The van der Waals surface area contributed by atoms with Crippen LogP contribution in [0.25, 0.3) is 0 Å². The van der Waals surface area contributed by atoms with E-state index in [-0.39, 0.29) is 11.8 Å². The van der Waals surface area contributed by atoms with Crippen molar-refractivity contribution in [3.8, 4) is 0 Å². The third kappa shape index (κ3) is 8.62. The lowest BCUT2D eigenvalue weighted by atomic mass is 10.1. The zero-order valence-corrected chi connectivity index (χ0v) is 18.7. The van der Waals surface area contributed by atoms with Gasteiger partial charge in [-0.05, 0) is 43.9 Å². The third-order valence-electron chi connectivity index (χ3n) is 4.22. The Bertz CT molecular complexity index is 753. The second-order valence-corrected chi connectivity index (χ2v) is 9.54. The smallest absolute Gasteiger partial charge is 0.251 e. The molecule has 158 valence electrons. The van der Waals surface area contributed by atoms with Crippen LogP contribution in [0.4, 0.5) is 0 Å². The van der Waals surface area contributed by atoms with Gasteiger partial charge in [0.1, 0.15) is 6.04 Å². The Morgan fingerprint density at radius 2 is 2.00 bits per heavy atom. The van der Waals surface area contributed by atoms with E-state index in [1.807, 2.05) is 25.3 Å². The molecule has 0 aromatic heterocycles. The fourth-order valence-corrected chi connectivity index (χ4v) is 4.08. The van der Waals surface area contributed by atoms with E-state index >= 15 is 0 Å².